The van der Waals surface area contributed by atoms with E-state index >= 15 is 0 Å². The van der Waals surface area contributed by atoms with Crippen LogP contribution in [0.25, 0.3) is 0 Å². The summed E-state index contributed by atoms with van der Waals surface area (Å²) in [4.78, 5) is 11.7. The minimum absolute atomic E-state index is 0.0139. The first kappa shape index (κ1) is 15.3. The molecule has 0 saturated heterocycles. The summed E-state index contributed by atoms with van der Waals surface area (Å²) in [6.07, 6.45) is 2.23. The molecule has 2 atom stereocenters. The van der Waals surface area contributed by atoms with Gasteiger partial charge in [-0.3, -0.25) is 9.00 Å². The van der Waals surface area contributed by atoms with Crippen LogP contribution in [-0.2, 0) is 10.8 Å². The van der Waals surface area contributed by atoms with E-state index in [-0.39, 0.29) is 10.8 Å². The van der Waals surface area contributed by atoms with E-state index in [0.29, 0.717) is 17.4 Å². The van der Waals surface area contributed by atoms with Crippen LogP contribution in [0, 0.1) is 5.82 Å². The van der Waals surface area contributed by atoms with Crippen molar-refractivity contribution in [1.82, 2.24) is 5.32 Å². The maximum Gasteiger partial charge on any atom is 0.254 e. The Morgan fingerprint density at radius 2 is 2.22 bits per heavy atom. The fraction of sp³-hybridized carbons (Fsp3) is 0.417. The minimum atomic E-state index is -0.909. The molecule has 0 aliphatic carbocycles. The van der Waals surface area contributed by atoms with Crippen molar-refractivity contribution in [2.45, 2.75) is 18.6 Å². The fourth-order valence-electron chi connectivity index (χ4n) is 1.32. The molecule has 1 aromatic rings. The van der Waals surface area contributed by atoms with Crippen molar-refractivity contribution < 1.29 is 13.4 Å². The zero-order valence-corrected chi connectivity index (χ0v) is 12.6. The van der Waals surface area contributed by atoms with Gasteiger partial charge in [0.1, 0.15) is 5.82 Å². The van der Waals surface area contributed by atoms with Crippen LogP contribution in [0.1, 0.15) is 23.7 Å². The molecule has 1 N–H and O–H groups in total. The molecule has 0 spiro atoms. The Morgan fingerprint density at radius 3 is 2.78 bits per heavy atom. The van der Waals surface area contributed by atoms with Gasteiger partial charge >= 0.3 is 0 Å². The van der Waals surface area contributed by atoms with Crippen LogP contribution in [0.5, 0.6) is 0 Å². The first-order valence-corrected chi connectivity index (χ1v) is 7.88. The molecule has 6 heteroatoms. The summed E-state index contributed by atoms with van der Waals surface area (Å²) >= 11 is 3.13. The highest BCUT2D eigenvalue weighted by Gasteiger charge is 2.12. The third-order valence-corrected chi connectivity index (χ3v) is 4.44. The maximum absolute atomic E-state index is 13.5. The van der Waals surface area contributed by atoms with Gasteiger partial charge in [-0.1, -0.05) is 22.9 Å². The Labute approximate surface area is 117 Å². The summed E-state index contributed by atoms with van der Waals surface area (Å²) in [5.74, 6) is -1.01. The van der Waals surface area contributed by atoms with Crippen molar-refractivity contribution in [2.75, 3.05) is 12.8 Å². The van der Waals surface area contributed by atoms with Crippen LogP contribution in [0.2, 0.25) is 0 Å². The van der Waals surface area contributed by atoms with Crippen molar-refractivity contribution in [2.24, 2.45) is 0 Å². The summed E-state index contributed by atoms with van der Waals surface area (Å²) in [5.41, 5.74) is 0.0171. The lowest BCUT2D eigenvalue weighted by Gasteiger charge is -2.09. The Hall–Kier alpha value is -0.750. The molecule has 0 saturated carbocycles. The Kier molecular flexibility index (Phi) is 5.95. The molecule has 0 heterocycles. The number of carbonyl (C=O) groups is 1. The van der Waals surface area contributed by atoms with Gasteiger partial charge in [-0.2, -0.15) is 0 Å². The highest BCUT2D eigenvalue weighted by molar-refractivity contribution is 9.10. The standard InChI is InChI=1S/C12H15BrFNO2S/c1-8(18(2)17)5-6-15-12(16)10-4-3-9(13)7-11(10)14/h3-4,7-8H,5-6H2,1-2H3,(H,15,16). The van der Waals surface area contributed by atoms with Gasteiger partial charge in [0, 0.05) is 33.3 Å². The van der Waals surface area contributed by atoms with E-state index < -0.39 is 22.5 Å². The van der Waals surface area contributed by atoms with Crippen molar-refractivity contribution in [3.63, 3.8) is 0 Å². The number of carbonyl (C=O) groups excluding carboxylic acids is 1. The number of benzene rings is 1. The average Bonchev–Trinajstić information content (AvgIpc) is 2.28. The molecule has 100 valence electrons. The van der Waals surface area contributed by atoms with Crippen molar-refractivity contribution in [3.8, 4) is 0 Å². The fourth-order valence-corrected chi connectivity index (χ4v) is 2.11. The first-order chi connectivity index (χ1) is 8.41. The zero-order valence-electron chi connectivity index (χ0n) is 10.2. The van der Waals surface area contributed by atoms with Crippen LogP contribution in [-0.4, -0.2) is 28.2 Å². The maximum atomic E-state index is 13.5. The van der Waals surface area contributed by atoms with Gasteiger partial charge in [-0.05, 0) is 24.6 Å². The van der Waals surface area contributed by atoms with E-state index in [9.17, 15) is 13.4 Å². The largest absolute Gasteiger partial charge is 0.352 e. The molecular weight excluding hydrogens is 321 g/mol. The number of hydrogen-bond donors (Lipinski definition) is 1. The molecule has 0 bridgehead atoms. The lowest BCUT2D eigenvalue weighted by Crippen LogP contribution is -2.28. The molecule has 2 unspecified atom stereocenters. The second-order valence-electron chi connectivity index (χ2n) is 3.98. The van der Waals surface area contributed by atoms with E-state index in [0.717, 1.165) is 0 Å². The van der Waals surface area contributed by atoms with Crippen LogP contribution in [0.4, 0.5) is 4.39 Å². The molecule has 1 aromatic carbocycles. The predicted molar refractivity (Wildman–Crippen MR) is 74.6 cm³/mol. The second-order valence-corrected chi connectivity index (χ2v) is 6.70. The third kappa shape index (κ3) is 4.49. The van der Waals surface area contributed by atoms with Crippen molar-refractivity contribution >= 4 is 32.6 Å². The van der Waals surface area contributed by atoms with Gasteiger partial charge < -0.3 is 5.32 Å². The predicted octanol–water partition coefficient (Wildman–Crippen LogP) is 2.48. The van der Waals surface area contributed by atoms with Gasteiger partial charge in [-0.25, -0.2) is 4.39 Å². The van der Waals surface area contributed by atoms with Crippen LogP contribution in [0.3, 0.4) is 0 Å². The van der Waals surface area contributed by atoms with Gasteiger partial charge in [0.25, 0.3) is 5.91 Å². The summed E-state index contributed by atoms with van der Waals surface area (Å²) in [7, 11) is -0.909. The van der Waals surface area contributed by atoms with E-state index in [1.54, 1.807) is 12.3 Å². The molecule has 1 amide bonds. The third-order valence-electron chi connectivity index (χ3n) is 2.58. The SMILES string of the molecule is CC(CCNC(=O)c1ccc(Br)cc1F)S(C)=O. The van der Waals surface area contributed by atoms with Crippen LogP contribution >= 0.6 is 15.9 Å². The van der Waals surface area contributed by atoms with E-state index in [1.165, 1.54) is 12.1 Å². The number of hydrogen-bond acceptors (Lipinski definition) is 2. The molecular formula is C12H15BrFNO2S. The highest BCUT2D eigenvalue weighted by atomic mass is 79.9. The number of rotatable bonds is 5. The molecule has 18 heavy (non-hydrogen) atoms. The lowest BCUT2D eigenvalue weighted by molar-refractivity contribution is 0.0949. The highest BCUT2D eigenvalue weighted by Crippen LogP contribution is 2.15. The summed E-state index contributed by atoms with van der Waals surface area (Å²) in [6, 6.07) is 4.29. The van der Waals surface area contributed by atoms with Gasteiger partial charge in [0.05, 0.1) is 5.56 Å². The van der Waals surface area contributed by atoms with Crippen molar-refractivity contribution in [1.29, 1.82) is 0 Å². The second kappa shape index (κ2) is 6.99. The van der Waals surface area contributed by atoms with Crippen LogP contribution < -0.4 is 5.32 Å². The molecule has 0 aliphatic rings. The van der Waals surface area contributed by atoms with E-state index in [2.05, 4.69) is 21.2 Å². The minimum Gasteiger partial charge on any atom is -0.352 e. The first-order valence-electron chi connectivity index (χ1n) is 5.47. The van der Waals surface area contributed by atoms with Gasteiger partial charge in [0.15, 0.2) is 0 Å². The number of amides is 1. The smallest absolute Gasteiger partial charge is 0.254 e. The lowest BCUT2D eigenvalue weighted by atomic mass is 10.2. The molecule has 0 aliphatic heterocycles. The molecule has 0 radical (unpaired) electrons. The molecule has 1 rings (SSSR count). The summed E-state index contributed by atoms with van der Waals surface area (Å²) in [5, 5.41) is 2.63. The zero-order chi connectivity index (χ0) is 13.7. The Morgan fingerprint density at radius 1 is 1.56 bits per heavy atom. The topological polar surface area (TPSA) is 46.2 Å². The molecule has 0 aromatic heterocycles. The number of nitrogens with one attached hydrogen (secondary N) is 1. The van der Waals surface area contributed by atoms with E-state index in [1.807, 2.05) is 6.92 Å². The quantitative estimate of drug-likeness (QED) is 0.898. The Balaban J connectivity index is 2.53. The normalized spacial score (nSPS) is 14.0. The average molecular weight is 336 g/mol. The van der Waals surface area contributed by atoms with Gasteiger partial charge in [-0.15, -0.1) is 0 Å². The van der Waals surface area contributed by atoms with Crippen molar-refractivity contribution in [3.05, 3.63) is 34.1 Å². The summed E-state index contributed by atoms with van der Waals surface area (Å²) < 4.78 is 25.2. The number of halogens is 2. The molecule has 0 fully saturated rings. The van der Waals surface area contributed by atoms with E-state index in [4.69, 9.17) is 0 Å². The molecule has 3 nitrogen and oxygen atoms in total. The van der Waals surface area contributed by atoms with Gasteiger partial charge in [0.2, 0.25) is 0 Å². The monoisotopic (exact) mass is 335 g/mol. The van der Waals surface area contributed by atoms with Crippen LogP contribution in [0.15, 0.2) is 22.7 Å². The Bertz CT molecular complexity index is 467. The summed E-state index contributed by atoms with van der Waals surface area (Å²) in [6.45, 7) is 2.23.